The Morgan fingerprint density at radius 1 is 1.24 bits per heavy atom. The molecule has 1 saturated heterocycles. The number of aliphatic imine (C=N–C) groups is 1. The third kappa shape index (κ3) is 7.63. The van der Waals surface area contributed by atoms with Gasteiger partial charge in [0, 0.05) is 33.7 Å². The van der Waals surface area contributed by atoms with Crippen molar-refractivity contribution in [3.05, 3.63) is 35.9 Å². The fraction of sp³-hybridized carbons (Fsp3) is 0.579. The van der Waals surface area contributed by atoms with Crippen molar-refractivity contribution in [2.75, 3.05) is 40.3 Å². The number of carbonyl (C=O) groups is 1. The Hall–Kier alpha value is -1.31. The van der Waals surface area contributed by atoms with Gasteiger partial charge in [-0.15, -0.1) is 24.0 Å². The summed E-state index contributed by atoms with van der Waals surface area (Å²) in [4.78, 5) is 20.3. The van der Waals surface area contributed by atoms with E-state index in [1.54, 1.807) is 19.0 Å². The van der Waals surface area contributed by atoms with Crippen LogP contribution in [-0.4, -0.2) is 61.9 Å². The predicted molar refractivity (Wildman–Crippen MR) is 115 cm³/mol. The second-order valence-electron chi connectivity index (χ2n) is 6.76. The van der Waals surface area contributed by atoms with Gasteiger partial charge in [-0.1, -0.05) is 37.3 Å². The fourth-order valence-corrected chi connectivity index (χ4v) is 2.74. The van der Waals surface area contributed by atoms with Gasteiger partial charge in [-0.25, -0.2) is 4.99 Å². The summed E-state index contributed by atoms with van der Waals surface area (Å²) in [5, 5.41) is 3.45. The maximum atomic E-state index is 11.8. The lowest BCUT2D eigenvalue weighted by Crippen LogP contribution is -2.46. The minimum Gasteiger partial charge on any atom is -0.356 e. The average Bonchev–Trinajstić information content (AvgIpc) is 2.59. The van der Waals surface area contributed by atoms with Gasteiger partial charge in [0.25, 0.3) is 0 Å². The van der Waals surface area contributed by atoms with Crippen LogP contribution in [0.4, 0.5) is 0 Å². The molecule has 0 spiro atoms. The number of nitrogens with zero attached hydrogens (tertiary/aromatic N) is 3. The number of likely N-dealkylation sites (N-methyl/N-ethyl adjacent to an activating group) is 1. The van der Waals surface area contributed by atoms with E-state index in [0.717, 1.165) is 37.9 Å². The van der Waals surface area contributed by atoms with Gasteiger partial charge in [-0.2, -0.15) is 0 Å². The van der Waals surface area contributed by atoms with E-state index in [1.165, 1.54) is 18.4 Å². The van der Waals surface area contributed by atoms with Crippen molar-refractivity contribution in [2.45, 2.75) is 26.2 Å². The van der Waals surface area contributed by atoms with Crippen molar-refractivity contribution in [2.24, 2.45) is 10.9 Å². The molecule has 1 aromatic carbocycles. The number of halogens is 1. The molecule has 25 heavy (non-hydrogen) atoms. The number of benzene rings is 1. The molecule has 1 N–H and O–H groups in total. The highest BCUT2D eigenvalue weighted by Crippen LogP contribution is 2.16. The number of piperidine rings is 1. The van der Waals surface area contributed by atoms with Crippen molar-refractivity contribution >= 4 is 35.8 Å². The van der Waals surface area contributed by atoms with Crippen molar-refractivity contribution in [1.82, 2.24) is 15.1 Å². The molecule has 0 radical (unpaired) electrons. The molecule has 1 aliphatic rings. The highest BCUT2D eigenvalue weighted by molar-refractivity contribution is 14.0. The Morgan fingerprint density at radius 2 is 1.88 bits per heavy atom. The highest BCUT2D eigenvalue weighted by Gasteiger charge is 2.19. The largest absolute Gasteiger partial charge is 0.356 e. The molecule has 0 saturated carbocycles. The average molecular weight is 458 g/mol. The van der Waals surface area contributed by atoms with E-state index in [4.69, 9.17) is 0 Å². The van der Waals surface area contributed by atoms with E-state index in [0.29, 0.717) is 0 Å². The SMILES string of the molecule is CC1CCN(C(=NCC(=O)N(C)C)NCCc2ccccc2)CC1.I. The second-order valence-corrected chi connectivity index (χ2v) is 6.76. The molecule has 1 aromatic rings. The number of nitrogens with one attached hydrogen (secondary N) is 1. The number of amides is 1. The molecular formula is C19H31IN4O. The van der Waals surface area contributed by atoms with Crippen LogP contribution in [0.25, 0.3) is 0 Å². The van der Waals surface area contributed by atoms with Crippen LogP contribution >= 0.6 is 24.0 Å². The third-order valence-electron chi connectivity index (χ3n) is 4.49. The topological polar surface area (TPSA) is 47.9 Å². The van der Waals surface area contributed by atoms with Gasteiger partial charge in [0.2, 0.25) is 5.91 Å². The monoisotopic (exact) mass is 458 g/mol. The zero-order valence-electron chi connectivity index (χ0n) is 15.6. The summed E-state index contributed by atoms with van der Waals surface area (Å²) in [7, 11) is 3.53. The summed E-state index contributed by atoms with van der Waals surface area (Å²) < 4.78 is 0. The van der Waals surface area contributed by atoms with Crippen LogP contribution in [0.1, 0.15) is 25.3 Å². The first-order valence-corrected chi connectivity index (χ1v) is 8.83. The molecular weight excluding hydrogens is 427 g/mol. The molecule has 0 atom stereocenters. The van der Waals surface area contributed by atoms with Gasteiger partial charge in [0.05, 0.1) is 0 Å². The Bertz CT molecular complexity index is 540. The van der Waals surface area contributed by atoms with Gasteiger partial charge in [-0.3, -0.25) is 4.79 Å². The quantitative estimate of drug-likeness (QED) is 0.419. The van der Waals surface area contributed by atoms with Crippen molar-refractivity contribution in [1.29, 1.82) is 0 Å². The highest BCUT2D eigenvalue weighted by atomic mass is 127. The van der Waals surface area contributed by atoms with Crippen LogP contribution in [0.15, 0.2) is 35.3 Å². The number of carbonyl (C=O) groups excluding carboxylic acids is 1. The van der Waals surface area contributed by atoms with Crippen LogP contribution in [0.3, 0.4) is 0 Å². The Kier molecular flexibility index (Phi) is 9.85. The van der Waals surface area contributed by atoms with Crippen molar-refractivity contribution < 1.29 is 4.79 Å². The summed E-state index contributed by atoms with van der Waals surface area (Å²) in [5.74, 6) is 1.67. The Morgan fingerprint density at radius 3 is 2.48 bits per heavy atom. The number of hydrogen-bond donors (Lipinski definition) is 1. The minimum absolute atomic E-state index is 0. The number of guanidine groups is 1. The van der Waals surface area contributed by atoms with Gasteiger partial charge in [0.15, 0.2) is 5.96 Å². The zero-order chi connectivity index (χ0) is 17.4. The van der Waals surface area contributed by atoms with E-state index in [-0.39, 0.29) is 36.4 Å². The first kappa shape index (κ1) is 21.7. The van der Waals surface area contributed by atoms with Gasteiger partial charge < -0.3 is 15.1 Å². The third-order valence-corrected chi connectivity index (χ3v) is 4.49. The van der Waals surface area contributed by atoms with Crippen LogP contribution < -0.4 is 5.32 Å². The van der Waals surface area contributed by atoms with Gasteiger partial charge >= 0.3 is 0 Å². The summed E-state index contributed by atoms with van der Waals surface area (Å²) in [5.41, 5.74) is 1.31. The summed E-state index contributed by atoms with van der Waals surface area (Å²) >= 11 is 0. The van der Waals surface area contributed by atoms with E-state index in [1.807, 2.05) is 6.07 Å². The number of hydrogen-bond acceptors (Lipinski definition) is 2. The van der Waals surface area contributed by atoms with Crippen LogP contribution in [-0.2, 0) is 11.2 Å². The van der Waals surface area contributed by atoms with Crippen LogP contribution in [0, 0.1) is 5.92 Å². The molecule has 0 unspecified atom stereocenters. The molecule has 0 aromatic heterocycles. The summed E-state index contributed by atoms with van der Waals surface area (Å²) in [6.07, 6.45) is 3.31. The molecule has 140 valence electrons. The smallest absolute Gasteiger partial charge is 0.243 e. The lowest BCUT2D eigenvalue weighted by Gasteiger charge is -2.33. The van der Waals surface area contributed by atoms with Crippen LogP contribution in [0.2, 0.25) is 0 Å². The standard InChI is InChI=1S/C19H30N4O.HI/c1-16-10-13-23(14-11-16)19(21-15-18(24)22(2)3)20-12-9-17-7-5-4-6-8-17;/h4-8,16H,9-15H2,1-3H3,(H,20,21);1H. The molecule has 1 aliphatic heterocycles. The molecule has 0 bridgehead atoms. The van der Waals surface area contributed by atoms with E-state index in [2.05, 4.69) is 46.4 Å². The molecule has 1 amide bonds. The molecule has 0 aliphatic carbocycles. The van der Waals surface area contributed by atoms with E-state index in [9.17, 15) is 4.79 Å². The first-order valence-electron chi connectivity index (χ1n) is 8.83. The Labute approximate surface area is 168 Å². The normalized spacial score (nSPS) is 15.5. The Balaban J connectivity index is 0.00000312. The second kappa shape index (κ2) is 11.3. The summed E-state index contributed by atoms with van der Waals surface area (Å²) in [6.45, 7) is 5.34. The lowest BCUT2D eigenvalue weighted by atomic mass is 9.99. The predicted octanol–water partition coefficient (Wildman–Crippen LogP) is 2.61. The van der Waals surface area contributed by atoms with Crippen molar-refractivity contribution in [3.63, 3.8) is 0 Å². The molecule has 1 fully saturated rings. The maximum absolute atomic E-state index is 11.8. The molecule has 5 nitrogen and oxygen atoms in total. The fourth-order valence-electron chi connectivity index (χ4n) is 2.74. The van der Waals surface area contributed by atoms with Crippen LogP contribution in [0.5, 0.6) is 0 Å². The summed E-state index contributed by atoms with van der Waals surface area (Å²) in [6, 6.07) is 10.4. The number of rotatable bonds is 5. The van der Waals surface area contributed by atoms with Gasteiger partial charge in [-0.05, 0) is 30.7 Å². The first-order chi connectivity index (χ1) is 11.6. The minimum atomic E-state index is 0. The number of likely N-dealkylation sites (tertiary alicyclic amines) is 1. The molecule has 1 heterocycles. The molecule has 2 rings (SSSR count). The van der Waals surface area contributed by atoms with Gasteiger partial charge in [0.1, 0.15) is 6.54 Å². The zero-order valence-corrected chi connectivity index (χ0v) is 17.9. The maximum Gasteiger partial charge on any atom is 0.243 e. The van der Waals surface area contributed by atoms with E-state index >= 15 is 0 Å². The lowest BCUT2D eigenvalue weighted by molar-refractivity contribution is -0.127. The van der Waals surface area contributed by atoms with E-state index < -0.39 is 0 Å². The van der Waals surface area contributed by atoms with Crippen molar-refractivity contribution in [3.8, 4) is 0 Å². The molecule has 6 heteroatoms.